The van der Waals surface area contributed by atoms with Gasteiger partial charge in [-0.3, -0.25) is 4.98 Å². The van der Waals surface area contributed by atoms with Crippen LogP contribution < -0.4 is 15.2 Å². The van der Waals surface area contributed by atoms with Crippen molar-refractivity contribution in [3.05, 3.63) is 52.8 Å². The predicted octanol–water partition coefficient (Wildman–Crippen LogP) is 3.33. The van der Waals surface area contributed by atoms with E-state index in [0.717, 1.165) is 22.2 Å². The van der Waals surface area contributed by atoms with Gasteiger partial charge in [-0.25, -0.2) is 0 Å². The summed E-state index contributed by atoms with van der Waals surface area (Å²) in [6, 6.07) is 9.34. The number of nitrogens with two attached hydrogens (primary N) is 1. The van der Waals surface area contributed by atoms with Gasteiger partial charge < -0.3 is 15.2 Å². The largest absolute Gasteiger partial charge is 0.493 e. The van der Waals surface area contributed by atoms with E-state index in [1.165, 1.54) is 0 Å². The van der Waals surface area contributed by atoms with Crippen molar-refractivity contribution in [3.8, 4) is 11.5 Å². The van der Waals surface area contributed by atoms with E-state index >= 15 is 0 Å². The summed E-state index contributed by atoms with van der Waals surface area (Å²) >= 11 is 8.33. The summed E-state index contributed by atoms with van der Waals surface area (Å²) in [5, 5.41) is 0. The van der Waals surface area contributed by atoms with Gasteiger partial charge in [0.05, 0.1) is 25.0 Å². The van der Waals surface area contributed by atoms with Crippen molar-refractivity contribution >= 4 is 33.1 Å². The number of rotatable bonds is 7. The minimum atomic E-state index is 0.335. The van der Waals surface area contributed by atoms with Gasteiger partial charge in [-0.15, -0.1) is 0 Å². The molecule has 6 heteroatoms. The predicted molar refractivity (Wildman–Crippen MR) is 89.9 cm³/mol. The minimum Gasteiger partial charge on any atom is -0.493 e. The Labute approximate surface area is 137 Å². The van der Waals surface area contributed by atoms with Crippen LogP contribution in [0.25, 0.3) is 0 Å². The van der Waals surface area contributed by atoms with Crippen molar-refractivity contribution in [2.24, 2.45) is 5.73 Å². The fraction of sp³-hybridized carbons (Fsp3) is 0.200. The molecule has 21 heavy (non-hydrogen) atoms. The van der Waals surface area contributed by atoms with Gasteiger partial charge in [-0.05, 0) is 34.1 Å². The van der Waals surface area contributed by atoms with E-state index in [0.29, 0.717) is 24.0 Å². The van der Waals surface area contributed by atoms with E-state index in [1.807, 2.05) is 30.3 Å². The molecule has 2 N–H and O–H groups in total. The van der Waals surface area contributed by atoms with Crippen LogP contribution in [0.4, 0.5) is 0 Å². The van der Waals surface area contributed by atoms with E-state index in [2.05, 4.69) is 20.9 Å². The molecule has 0 unspecified atom stereocenters. The van der Waals surface area contributed by atoms with Crippen LogP contribution >= 0.6 is 28.1 Å². The zero-order chi connectivity index (χ0) is 15.1. The Bertz CT molecular complexity index is 622. The molecule has 110 valence electrons. The SMILES string of the molecule is NC(=S)c1ccccc1OCCCOc1cncc(Br)c1. The van der Waals surface area contributed by atoms with Gasteiger partial charge in [0.1, 0.15) is 16.5 Å². The molecule has 1 heterocycles. The molecule has 0 spiro atoms. The lowest BCUT2D eigenvalue weighted by atomic mass is 10.2. The first-order valence-electron chi connectivity index (χ1n) is 6.42. The fourth-order valence-corrected chi connectivity index (χ4v) is 2.21. The zero-order valence-electron chi connectivity index (χ0n) is 11.3. The van der Waals surface area contributed by atoms with Crippen LogP contribution in [-0.2, 0) is 0 Å². The third-order valence-electron chi connectivity index (χ3n) is 2.65. The lowest BCUT2D eigenvalue weighted by Crippen LogP contribution is -2.12. The minimum absolute atomic E-state index is 0.335. The smallest absolute Gasteiger partial charge is 0.138 e. The Balaban J connectivity index is 1.76. The number of thiocarbonyl (C=S) groups is 1. The highest BCUT2D eigenvalue weighted by Gasteiger charge is 2.05. The standard InChI is InChI=1S/C15H15BrN2O2S/c16-11-8-12(10-18-9-11)19-6-3-7-20-14-5-2-1-4-13(14)15(17)21/h1-2,4-5,8-10H,3,6-7H2,(H2,17,21). The quantitative estimate of drug-likeness (QED) is 0.601. The van der Waals surface area contributed by atoms with Crippen LogP contribution in [0.5, 0.6) is 11.5 Å². The van der Waals surface area contributed by atoms with Crippen LogP contribution in [0.3, 0.4) is 0 Å². The van der Waals surface area contributed by atoms with E-state index in [1.54, 1.807) is 12.4 Å². The molecule has 0 amide bonds. The fourth-order valence-electron chi connectivity index (χ4n) is 1.70. The lowest BCUT2D eigenvalue weighted by Gasteiger charge is -2.11. The van der Waals surface area contributed by atoms with Crippen molar-refractivity contribution in [2.45, 2.75) is 6.42 Å². The van der Waals surface area contributed by atoms with Crippen LogP contribution in [0.1, 0.15) is 12.0 Å². The van der Waals surface area contributed by atoms with Gasteiger partial charge in [0.15, 0.2) is 0 Å². The van der Waals surface area contributed by atoms with E-state index in [9.17, 15) is 0 Å². The molecule has 2 rings (SSSR count). The van der Waals surface area contributed by atoms with E-state index in [4.69, 9.17) is 27.4 Å². The van der Waals surface area contributed by atoms with Gasteiger partial charge in [0.25, 0.3) is 0 Å². The number of pyridine rings is 1. The van der Waals surface area contributed by atoms with E-state index in [-0.39, 0.29) is 0 Å². The normalized spacial score (nSPS) is 10.1. The Hall–Kier alpha value is -1.66. The van der Waals surface area contributed by atoms with Crippen LogP contribution in [0.2, 0.25) is 0 Å². The second-order valence-corrected chi connectivity index (χ2v) is 5.61. The number of benzene rings is 1. The second kappa shape index (κ2) is 7.95. The van der Waals surface area contributed by atoms with Crippen LogP contribution in [-0.4, -0.2) is 23.2 Å². The second-order valence-electron chi connectivity index (χ2n) is 4.25. The van der Waals surface area contributed by atoms with Crippen molar-refractivity contribution in [1.82, 2.24) is 4.98 Å². The number of nitrogens with zero attached hydrogens (tertiary/aromatic N) is 1. The van der Waals surface area contributed by atoms with Crippen molar-refractivity contribution < 1.29 is 9.47 Å². The highest BCUT2D eigenvalue weighted by Crippen LogP contribution is 2.18. The van der Waals surface area contributed by atoms with Gasteiger partial charge in [-0.1, -0.05) is 24.4 Å². The third-order valence-corrected chi connectivity index (χ3v) is 3.30. The number of aromatic nitrogens is 1. The Kier molecular flexibility index (Phi) is 5.95. The molecule has 1 aromatic heterocycles. The molecule has 2 aromatic rings. The average molecular weight is 367 g/mol. The van der Waals surface area contributed by atoms with Gasteiger partial charge in [-0.2, -0.15) is 0 Å². The maximum Gasteiger partial charge on any atom is 0.138 e. The first kappa shape index (κ1) is 15.7. The molecule has 1 aromatic carbocycles. The molecule has 0 radical (unpaired) electrons. The van der Waals surface area contributed by atoms with Crippen molar-refractivity contribution in [2.75, 3.05) is 13.2 Å². The summed E-state index contributed by atoms with van der Waals surface area (Å²) < 4.78 is 12.2. The average Bonchev–Trinajstić information content (AvgIpc) is 2.47. The monoisotopic (exact) mass is 366 g/mol. The summed E-state index contributed by atoms with van der Waals surface area (Å²) in [6.45, 7) is 1.08. The molecule has 0 bridgehead atoms. The van der Waals surface area contributed by atoms with Crippen molar-refractivity contribution in [1.29, 1.82) is 0 Å². The van der Waals surface area contributed by atoms with Crippen LogP contribution in [0, 0.1) is 0 Å². The number of hydrogen-bond donors (Lipinski definition) is 1. The topological polar surface area (TPSA) is 57.4 Å². The molecule has 0 aliphatic rings. The third kappa shape index (κ3) is 4.99. The maximum absolute atomic E-state index is 5.69. The molecular weight excluding hydrogens is 352 g/mol. The molecule has 4 nitrogen and oxygen atoms in total. The first-order chi connectivity index (χ1) is 10.2. The molecule has 0 aliphatic heterocycles. The van der Waals surface area contributed by atoms with Crippen LogP contribution in [0.15, 0.2) is 47.2 Å². The first-order valence-corrected chi connectivity index (χ1v) is 7.62. The molecule has 0 aliphatic carbocycles. The lowest BCUT2D eigenvalue weighted by molar-refractivity contribution is 0.246. The summed E-state index contributed by atoms with van der Waals surface area (Å²) in [5.74, 6) is 1.43. The molecule has 0 saturated carbocycles. The van der Waals surface area contributed by atoms with Gasteiger partial charge in [0.2, 0.25) is 0 Å². The highest BCUT2D eigenvalue weighted by atomic mass is 79.9. The summed E-state index contributed by atoms with van der Waals surface area (Å²) in [4.78, 5) is 4.37. The zero-order valence-corrected chi connectivity index (χ0v) is 13.7. The Morgan fingerprint density at radius 3 is 2.71 bits per heavy atom. The summed E-state index contributed by atoms with van der Waals surface area (Å²) in [6.07, 6.45) is 4.13. The van der Waals surface area contributed by atoms with Gasteiger partial charge >= 0.3 is 0 Å². The van der Waals surface area contributed by atoms with Crippen molar-refractivity contribution in [3.63, 3.8) is 0 Å². The summed E-state index contributed by atoms with van der Waals surface area (Å²) in [5.41, 5.74) is 6.40. The van der Waals surface area contributed by atoms with E-state index < -0.39 is 0 Å². The summed E-state index contributed by atoms with van der Waals surface area (Å²) in [7, 11) is 0. The molecule has 0 atom stereocenters. The number of ether oxygens (including phenoxy) is 2. The molecular formula is C15H15BrN2O2S. The molecule has 0 saturated heterocycles. The molecule has 0 fully saturated rings. The number of halogens is 1. The Morgan fingerprint density at radius 1 is 1.19 bits per heavy atom. The number of para-hydroxylation sites is 1. The maximum atomic E-state index is 5.69. The highest BCUT2D eigenvalue weighted by molar-refractivity contribution is 9.10. The Morgan fingerprint density at radius 2 is 1.95 bits per heavy atom. The number of hydrogen-bond acceptors (Lipinski definition) is 4. The van der Waals surface area contributed by atoms with Gasteiger partial charge in [0, 0.05) is 17.1 Å².